The van der Waals surface area contributed by atoms with Gasteiger partial charge in [0.05, 0.1) is 6.04 Å². The largest absolute Gasteiger partial charge is 0.330 e. The zero-order chi connectivity index (χ0) is 15.4. The lowest BCUT2D eigenvalue weighted by Crippen LogP contribution is -2.36. The Labute approximate surface area is 122 Å². The predicted octanol–water partition coefficient (Wildman–Crippen LogP) is 0.997. The summed E-state index contributed by atoms with van der Waals surface area (Å²) in [5.41, 5.74) is 10.9. The van der Waals surface area contributed by atoms with Crippen LogP contribution in [-0.4, -0.2) is 37.7 Å². The first-order valence-electron chi connectivity index (χ1n) is 7.67. The zero-order valence-electron chi connectivity index (χ0n) is 13.0. The minimum atomic E-state index is -0.155. The average Bonchev–Trinajstić information content (AvgIpc) is 2.42. The van der Waals surface area contributed by atoms with E-state index in [4.69, 9.17) is 11.5 Å². The van der Waals surface area contributed by atoms with Crippen LogP contribution in [-0.2, 0) is 9.59 Å². The van der Waals surface area contributed by atoms with Crippen LogP contribution in [0.25, 0.3) is 0 Å². The number of nitrogens with one attached hydrogen (secondary N) is 1. The van der Waals surface area contributed by atoms with Crippen LogP contribution in [0.5, 0.6) is 0 Å². The van der Waals surface area contributed by atoms with Crippen molar-refractivity contribution in [1.82, 2.24) is 5.32 Å². The van der Waals surface area contributed by atoms with Crippen molar-refractivity contribution in [2.24, 2.45) is 17.4 Å². The third-order valence-corrected chi connectivity index (χ3v) is 3.71. The second-order valence-electron chi connectivity index (χ2n) is 5.39. The summed E-state index contributed by atoms with van der Waals surface area (Å²) in [6.07, 6.45) is 5.57. The molecule has 0 amide bonds. The summed E-state index contributed by atoms with van der Waals surface area (Å²) in [6, 6.07) is -0.155. The Morgan fingerprint density at radius 1 is 1.00 bits per heavy atom. The maximum absolute atomic E-state index is 12.2. The van der Waals surface area contributed by atoms with Crippen LogP contribution >= 0.6 is 0 Å². The number of nitrogens with two attached hydrogens (primary N) is 2. The minimum Gasteiger partial charge on any atom is -0.330 e. The molecule has 0 aliphatic carbocycles. The molecule has 0 aromatic carbocycles. The normalized spacial score (nSPS) is 14.0. The van der Waals surface area contributed by atoms with E-state index in [9.17, 15) is 9.59 Å². The molecule has 5 nitrogen and oxygen atoms in total. The van der Waals surface area contributed by atoms with E-state index in [1.807, 2.05) is 0 Å². The van der Waals surface area contributed by atoms with Crippen LogP contribution in [0.15, 0.2) is 0 Å². The van der Waals surface area contributed by atoms with Gasteiger partial charge in [0.15, 0.2) is 0 Å². The first-order valence-corrected chi connectivity index (χ1v) is 7.67. The van der Waals surface area contributed by atoms with Crippen molar-refractivity contribution in [2.45, 2.75) is 57.9 Å². The topological polar surface area (TPSA) is 98.2 Å². The van der Waals surface area contributed by atoms with Gasteiger partial charge in [0, 0.05) is 12.3 Å². The van der Waals surface area contributed by atoms with E-state index in [1.165, 1.54) is 0 Å². The predicted molar refractivity (Wildman–Crippen MR) is 82.5 cm³/mol. The quantitative estimate of drug-likeness (QED) is 0.438. The van der Waals surface area contributed by atoms with Gasteiger partial charge in [-0.1, -0.05) is 12.8 Å². The van der Waals surface area contributed by atoms with Crippen LogP contribution in [0.3, 0.4) is 0 Å². The van der Waals surface area contributed by atoms with E-state index in [0.29, 0.717) is 19.5 Å². The van der Waals surface area contributed by atoms with Crippen molar-refractivity contribution in [2.75, 3.05) is 20.1 Å². The molecule has 5 N–H and O–H groups in total. The lowest BCUT2D eigenvalue weighted by Gasteiger charge is -2.18. The Balaban J connectivity index is 4.29. The molecule has 0 bridgehead atoms. The first kappa shape index (κ1) is 19.2. The maximum Gasteiger partial charge on any atom is 0.150 e. The van der Waals surface area contributed by atoms with Gasteiger partial charge in [-0.2, -0.15) is 0 Å². The zero-order valence-corrected chi connectivity index (χ0v) is 13.0. The molecule has 0 aromatic heterocycles. The van der Waals surface area contributed by atoms with Gasteiger partial charge in [-0.3, -0.25) is 9.59 Å². The molecule has 118 valence electrons. The highest BCUT2D eigenvalue weighted by molar-refractivity contribution is 5.89. The van der Waals surface area contributed by atoms with Gasteiger partial charge in [-0.05, 0) is 52.7 Å². The fraction of sp³-hybridized carbons (Fsp3) is 0.867. The second kappa shape index (κ2) is 12.0. The summed E-state index contributed by atoms with van der Waals surface area (Å²) in [7, 11) is 1.79. The molecule has 0 aliphatic rings. The molecule has 0 aromatic rings. The summed E-state index contributed by atoms with van der Waals surface area (Å²) in [5.74, 6) is 0.0871. The smallest absolute Gasteiger partial charge is 0.150 e. The molecule has 0 saturated heterocycles. The molecule has 0 spiro atoms. The van der Waals surface area contributed by atoms with Crippen molar-refractivity contribution in [3.63, 3.8) is 0 Å². The summed E-state index contributed by atoms with van der Waals surface area (Å²) in [4.78, 5) is 23.9. The molecule has 0 saturated carbocycles. The molecule has 0 fully saturated rings. The average molecular weight is 285 g/mol. The van der Waals surface area contributed by atoms with E-state index in [-0.39, 0.29) is 23.5 Å². The molecule has 0 aliphatic heterocycles. The molecular weight excluding hydrogens is 254 g/mol. The fourth-order valence-electron chi connectivity index (χ4n) is 2.33. The molecule has 0 radical (unpaired) electrons. The van der Waals surface area contributed by atoms with Crippen molar-refractivity contribution in [3.05, 3.63) is 0 Å². The minimum absolute atomic E-state index is 0.104. The van der Waals surface area contributed by atoms with Gasteiger partial charge < -0.3 is 16.8 Å². The summed E-state index contributed by atoms with van der Waals surface area (Å²) in [6.45, 7) is 2.86. The van der Waals surface area contributed by atoms with Crippen molar-refractivity contribution in [1.29, 1.82) is 0 Å². The number of ketones is 2. The fourth-order valence-corrected chi connectivity index (χ4v) is 2.33. The summed E-state index contributed by atoms with van der Waals surface area (Å²) < 4.78 is 0. The Hall–Kier alpha value is -0.780. The molecule has 20 heavy (non-hydrogen) atoms. The van der Waals surface area contributed by atoms with Crippen LogP contribution in [0.4, 0.5) is 0 Å². The van der Waals surface area contributed by atoms with Gasteiger partial charge in [0.1, 0.15) is 11.6 Å². The number of carbonyl (C=O) groups excluding carboxylic acids is 2. The second-order valence-corrected chi connectivity index (χ2v) is 5.39. The van der Waals surface area contributed by atoms with Crippen LogP contribution < -0.4 is 16.8 Å². The Bertz CT molecular complexity index is 282. The lowest BCUT2D eigenvalue weighted by atomic mass is 9.89. The Morgan fingerprint density at radius 2 is 1.55 bits per heavy atom. The molecule has 0 rings (SSSR count). The number of hydrogen-bond acceptors (Lipinski definition) is 5. The van der Waals surface area contributed by atoms with Gasteiger partial charge >= 0.3 is 0 Å². The Kier molecular flexibility index (Phi) is 11.5. The lowest BCUT2D eigenvalue weighted by molar-refractivity contribution is -0.128. The van der Waals surface area contributed by atoms with Crippen molar-refractivity contribution >= 4 is 11.6 Å². The Morgan fingerprint density at radius 3 is 2.00 bits per heavy atom. The molecule has 2 atom stereocenters. The van der Waals surface area contributed by atoms with E-state index in [0.717, 1.165) is 38.5 Å². The third-order valence-electron chi connectivity index (χ3n) is 3.71. The summed E-state index contributed by atoms with van der Waals surface area (Å²) in [5, 5.41) is 3.05. The molecular formula is C15H31N3O2. The standard InChI is InChI=1S/C15H31N3O2/c1-12(19)13(7-3-5-9-16)11-15(20)14(18-2)8-4-6-10-17/h13-14,18H,3-11,16-17H2,1-2H3. The van der Waals surface area contributed by atoms with Gasteiger partial charge in [0.2, 0.25) is 0 Å². The molecule has 0 heterocycles. The van der Waals surface area contributed by atoms with Crippen LogP contribution in [0, 0.1) is 5.92 Å². The van der Waals surface area contributed by atoms with Crippen LogP contribution in [0.2, 0.25) is 0 Å². The number of carbonyl (C=O) groups is 2. The molecule has 5 heteroatoms. The van der Waals surface area contributed by atoms with Gasteiger partial charge in [-0.15, -0.1) is 0 Å². The van der Waals surface area contributed by atoms with E-state index < -0.39 is 0 Å². The highest BCUT2D eigenvalue weighted by Gasteiger charge is 2.23. The monoisotopic (exact) mass is 285 g/mol. The van der Waals surface area contributed by atoms with Gasteiger partial charge in [0.25, 0.3) is 0 Å². The number of hydrogen-bond donors (Lipinski definition) is 3. The third kappa shape index (κ3) is 8.40. The SMILES string of the molecule is CNC(CCCCN)C(=O)CC(CCCCN)C(C)=O. The summed E-state index contributed by atoms with van der Waals surface area (Å²) >= 11 is 0. The van der Waals surface area contributed by atoms with Gasteiger partial charge in [-0.25, -0.2) is 0 Å². The maximum atomic E-state index is 12.2. The van der Waals surface area contributed by atoms with Crippen molar-refractivity contribution in [3.8, 4) is 0 Å². The van der Waals surface area contributed by atoms with Crippen molar-refractivity contribution < 1.29 is 9.59 Å². The number of Topliss-reactive ketones (excluding diaryl/α,β-unsaturated/α-hetero) is 2. The number of rotatable bonds is 13. The van der Waals surface area contributed by atoms with Crippen LogP contribution in [0.1, 0.15) is 51.9 Å². The van der Waals surface area contributed by atoms with E-state index >= 15 is 0 Å². The number of unbranched alkanes of at least 4 members (excludes halogenated alkanes) is 2. The van der Waals surface area contributed by atoms with E-state index in [2.05, 4.69) is 5.32 Å². The molecule has 2 unspecified atom stereocenters. The number of likely N-dealkylation sites (N-methyl/N-ethyl adjacent to an activating group) is 1. The first-order chi connectivity index (χ1) is 9.56. The van der Waals surface area contributed by atoms with E-state index in [1.54, 1.807) is 14.0 Å². The highest BCUT2D eigenvalue weighted by Crippen LogP contribution is 2.16. The highest BCUT2D eigenvalue weighted by atomic mass is 16.1.